The molecule has 13 heteroatoms. The number of ether oxygens (including phenoxy) is 2. The molecule has 5 rings (SSSR count). The van der Waals surface area contributed by atoms with Crippen molar-refractivity contribution in [2.45, 2.75) is 49.9 Å². The highest BCUT2D eigenvalue weighted by Crippen LogP contribution is 2.45. The van der Waals surface area contributed by atoms with Crippen molar-refractivity contribution in [3.63, 3.8) is 0 Å². The van der Waals surface area contributed by atoms with Crippen LogP contribution in [0.5, 0.6) is 0 Å². The number of halogens is 2. The summed E-state index contributed by atoms with van der Waals surface area (Å²) in [5.74, 6) is -1.65. The number of anilines is 2. The molecule has 2 aromatic carbocycles. The molecule has 3 N–H and O–H groups in total. The maximum Gasteiger partial charge on any atom is 0.412 e. The van der Waals surface area contributed by atoms with E-state index in [9.17, 15) is 24.3 Å². The van der Waals surface area contributed by atoms with Gasteiger partial charge in [-0.3, -0.25) is 19.8 Å². The molecule has 1 spiro atoms. The fourth-order valence-corrected chi connectivity index (χ4v) is 5.84. The number of amides is 4. The summed E-state index contributed by atoms with van der Waals surface area (Å²) in [6.07, 6.45) is 0.375. The molecule has 0 saturated carbocycles. The number of fused-ring (bicyclic) bond motifs is 2. The van der Waals surface area contributed by atoms with E-state index in [1.165, 1.54) is 48.3 Å². The Hall–Kier alpha value is -3.90. The van der Waals surface area contributed by atoms with Crippen molar-refractivity contribution in [1.82, 2.24) is 10.2 Å². The molecule has 3 heterocycles. The van der Waals surface area contributed by atoms with E-state index < -0.39 is 41.5 Å². The quantitative estimate of drug-likeness (QED) is 0.456. The number of benzene rings is 2. The molecule has 2 saturated heterocycles. The first-order valence-corrected chi connectivity index (χ1v) is 13.7. The Morgan fingerprint density at radius 2 is 2.00 bits per heavy atom. The number of piperidine rings is 1. The summed E-state index contributed by atoms with van der Waals surface area (Å²) in [7, 11) is 1.39. The highest BCUT2D eigenvalue weighted by atomic mass is 35.5. The zero-order valence-corrected chi connectivity index (χ0v) is 23.1. The highest BCUT2D eigenvalue weighted by Gasteiger charge is 2.49. The van der Waals surface area contributed by atoms with Crippen LogP contribution in [0.15, 0.2) is 36.4 Å². The summed E-state index contributed by atoms with van der Waals surface area (Å²) in [5.41, 5.74) is -0.494. The molecule has 0 radical (unpaired) electrons. The number of nitrogens with zero attached hydrogens (tertiary/aromatic N) is 2. The second-order valence-electron chi connectivity index (χ2n) is 10.4. The van der Waals surface area contributed by atoms with E-state index in [0.717, 1.165) is 17.7 Å². The summed E-state index contributed by atoms with van der Waals surface area (Å²) in [4.78, 5) is 53.3. The molecule has 41 heavy (non-hydrogen) atoms. The van der Waals surface area contributed by atoms with Crippen LogP contribution in [-0.4, -0.2) is 72.9 Å². The summed E-state index contributed by atoms with van der Waals surface area (Å²) < 4.78 is 26.7. The van der Waals surface area contributed by atoms with Crippen LogP contribution in [0.25, 0.3) is 0 Å². The topological polar surface area (TPSA) is 138 Å². The summed E-state index contributed by atoms with van der Waals surface area (Å²) >= 11 is 6.07. The second-order valence-corrected chi connectivity index (χ2v) is 10.8. The van der Waals surface area contributed by atoms with Gasteiger partial charge >= 0.3 is 12.2 Å². The average Bonchev–Trinajstić information content (AvgIpc) is 3.47. The van der Waals surface area contributed by atoms with Crippen molar-refractivity contribution in [1.29, 1.82) is 0 Å². The molecule has 3 aliphatic heterocycles. The molecule has 3 atom stereocenters. The van der Waals surface area contributed by atoms with Crippen molar-refractivity contribution in [3.8, 4) is 0 Å². The van der Waals surface area contributed by atoms with Gasteiger partial charge in [-0.15, -0.1) is 0 Å². The Morgan fingerprint density at radius 1 is 1.24 bits per heavy atom. The minimum atomic E-state index is -1.44. The molecule has 1 unspecified atom stereocenters. The zero-order valence-electron chi connectivity index (χ0n) is 22.3. The lowest BCUT2D eigenvalue weighted by Crippen LogP contribution is -2.57. The predicted octanol–water partition coefficient (Wildman–Crippen LogP) is 4.34. The van der Waals surface area contributed by atoms with Gasteiger partial charge < -0.3 is 24.8 Å². The minimum absolute atomic E-state index is 0.0910. The van der Waals surface area contributed by atoms with Crippen LogP contribution in [0.1, 0.15) is 48.0 Å². The monoisotopic (exact) mass is 588 g/mol. The summed E-state index contributed by atoms with van der Waals surface area (Å²) in [6, 6.07) is 7.83. The lowest BCUT2D eigenvalue weighted by molar-refractivity contribution is -0.142. The van der Waals surface area contributed by atoms with Crippen molar-refractivity contribution in [3.05, 3.63) is 58.4 Å². The number of carboxylic acid groups (broad SMARTS) is 1. The number of carbonyl (C=O) groups is 4. The van der Waals surface area contributed by atoms with E-state index in [1.54, 1.807) is 0 Å². The van der Waals surface area contributed by atoms with Crippen molar-refractivity contribution in [2.24, 2.45) is 0 Å². The van der Waals surface area contributed by atoms with Crippen LogP contribution in [0, 0.1) is 5.82 Å². The molecule has 3 aliphatic rings. The molecule has 0 aromatic heterocycles. The Balaban J connectivity index is 1.39. The van der Waals surface area contributed by atoms with Gasteiger partial charge in [-0.25, -0.2) is 14.0 Å². The maximum absolute atomic E-state index is 15.3. The van der Waals surface area contributed by atoms with Crippen LogP contribution in [0.2, 0.25) is 5.02 Å². The molecule has 218 valence electrons. The Bertz CT molecular complexity index is 1370. The van der Waals surface area contributed by atoms with E-state index in [-0.39, 0.29) is 47.3 Å². The maximum atomic E-state index is 15.3. The van der Waals surface area contributed by atoms with Gasteiger partial charge in [0.1, 0.15) is 6.04 Å². The van der Waals surface area contributed by atoms with Crippen LogP contribution < -0.4 is 15.5 Å². The average molecular weight is 589 g/mol. The number of rotatable bonds is 6. The normalized spacial score (nSPS) is 22.4. The first-order valence-electron chi connectivity index (χ1n) is 13.3. The molecule has 4 amide bonds. The van der Waals surface area contributed by atoms with Gasteiger partial charge in [-0.2, -0.15) is 0 Å². The summed E-state index contributed by atoms with van der Waals surface area (Å²) in [5, 5.41) is 14.4. The summed E-state index contributed by atoms with van der Waals surface area (Å²) in [6.45, 7) is 0.763. The van der Waals surface area contributed by atoms with Gasteiger partial charge in [0.25, 0.3) is 5.91 Å². The molecular weight excluding hydrogens is 559 g/mol. The van der Waals surface area contributed by atoms with E-state index in [4.69, 9.17) is 21.1 Å². The third-order valence-electron chi connectivity index (χ3n) is 7.77. The third-order valence-corrected chi connectivity index (χ3v) is 8.06. The number of likely N-dealkylation sites (tertiary alicyclic amines) is 1. The number of nitrogens with one attached hydrogen (secondary N) is 2. The third kappa shape index (κ3) is 5.80. The highest BCUT2D eigenvalue weighted by molar-refractivity contribution is 6.31. The number of hydrogen-bond acceptors (Lipinski definition) is 6. The molecule has 0 aliphatic carbocycles. The SMILES string of the molecule is CN(C(=O)O)c1ccc(C(=O)NC(C[C@H]2CCCO2)C(=O)N2CCC[C@@]3(C2)OC(=O)Nc2ccc(Cl)c(F)c23)cc1. The van der Waals surface area contributed by atoms with Crippen LogP contribution >= 0.6 is 11.6 Å². The van der Waals surface area contributed by atoms with E-state index in [1.807, 2.05) is 0 Å². The number of carbonyl (C=O) groups excluding carboxylic acids is 3. The first kappa shape index (κ1) is 28.6. The second kappa shape index (κ2) is 11.5. The van der Waals surface area contributed by atoms with Gasteiger partial charge in [0.15, 0.2) is 11.4 Å². The molecule has 2 fully saturated rings. The fraction of sp³-hybridized carbons (Fsp3) is 0.429. The van der Waals surface area contributed by atoms with Gasteiger partial charge in [-0.05, 0) is 62.1 Å². The van der Waals surface area contributed by atoms with Gasteiger partial charge in [-0.1, -0.05) is 11.6 Å². The fourth-order valence-electron chi connectivity index (χ4n) is 5.68. The minimum Gasteiger partial charge on any atom is -0.465 e. The van der Waals surface area contributed by atoms with Gasteiger partial charge in [0, 0.05) is 37.9 Å². The molecular formula is C28H30ClFN4O7. The van der Waals surface area contributed by atoms with Crippen molar-refractivity contribution in [2.75, 3.05) is 37.0 Å². The van der Waals surface area contributed by atoms with E-state index >= 15 is 4.39 Å². The van der Waals surface area contributed by atoms with Crippen LogP contribution in [0.3, 0.4) is 0 Å². The largest absolute Gasteiger partial charge is 0.465 e. The predicted molar refractivity (Wildman–Crippen MR) is 147 cm³/mol. The lowest BCUT2D eigenvalue weighted by atomic mass is 9.82. The standard InChI is InChI=1S/C28H30ClFN4O7/c1-33(27(38)39)17-7-5-16(6-8-17)24(35)31-21(14-18-4-2-13-40-18)25(36)34-12-3-11-28(15-34)22-20(32-26(37)41-28)10-9-19(29)23(22)30/h5-10,18,21H,2-4,11-15H2,1H3,(H,31,35)(H,32,37)(H,38,39)/t18-,21?,28+/m1/s1. The van der Waals surface area contributed by atoms with Crippen molar-refractivity contribution < 1.29 is 38.1 Å². The van der Waals surface area contributed by atoms with Gasteiger partial charge in [0.2, 0.25) is 5.91 Å². The lowest BCUT2D eigenvalue weighted by Gasteiger charge is -2.45. The Kier molecular flexibility index (Phi) is 8.05. The van der Waals surface area contributed by atoms with E-state index in [2.05, 4.69) is 10.6 Å². The Labute approximate surface area is 240 Å². The smallest absolute Gasteiger partial charge is 0.412 e. The number of hydrogen-bond donors (Lipinski definition) is 3. The van der Waals surface area contributed by atoms with E-state index in [0.29, 0.717) is 25.3 Å². The molecule has 11 nitrogen and oxygen atoms in total. The van der Waals surface area contributed by atoms with Crippen LogP contribution in [-0.2, 0) is 19.9 Å². The van der Waals surface area contributed by atoms with Gasteiger partial charge in [0.05, 0.1) is 28.9 Å². The zero-order chi connectivity index (χ0) is 29.3. The molecule has 0 bridgehead atoms. The molecule has 2 aromatic rings. The first-order chi connectivity index (χ1) is 19.6. The van der Waals surface area contributed by atoms with Crippen molar-refractivity contribution >= 4 is 47.0 Å². The van der Waals surface area contributed by atoms with Crippen LogP contribution in [0.4, 0.5) is 25.4 Å². The Morgan fingerprint density at radius 3 is 2.68 bits per heavy atom.